The van der Waals surface area contributed by atoms with Crippen molar-refractivity contribution in [2.45, 2.75) is 20.0 Å². The number of esters is 1. The van der Waals surface area contributed by atoms with E-state index in [9.17, 15) is 4.79 Å². The Morgan fingerprint density at radius 3 is 2.91 bits per heavy atom. The van der Waals surface area contributed by atoms with Gasteiger partial charge < -0.3 is 9.15 Å². The molecule has 0 radical (unpaired) electrons. The Morgan fingerprint density at radius 1 is 1.73 bits per heavy atom. The highest BCUT2D eigenvalue weighted by Gasteiger charge is 2.12. The molecule has 0 aliphatic carbocycles. The van der Waals surface area contributed by atoms with Crippen LogP contribution in [0.5, 0.6) is 0 Å². The maximum Gasteiger partial charge on any atom is 0.394 e. The lowest BCUT2D eigenvalue weighted by atomic mass is 10.5. The third-order valence-electron chi connectivity index (χ3n) is 0.950. The minimum absolute atomic E-state index is 0.00120. The molecule has 0 aliphatic rings. The topological polar surface area (TPSA) is 52.3 Å². The summed E-state index contributed by atoms with van der Waals surface area (Å²) in [6.45, 7) is 3.53. The van der Waals surface area contributed by atoms with Crippen LogP contribution in [0.2, 0.25) is 0 Å². The predicted octanol–water partition coefficient (Wildman–Crippen LogP) is 1.24. The molecule has 1 rings (SSSR count). The molecule has 0 bridgehead atoms. The number of hydrogen-bond acceptors (Lipinski definition) is 4. The van der Waals surface area contributed by atoms with Crippen molar-refractivity contribution in [1.29, 1.82) is 0 Å². The van der Waals surface area contributed by atoms with E-state index in [1.807, 2.05) is 0 Å². The van der Waals surface area contributed by atoms with Gasteiger partial charge in [-0.15, -0.1) is 0 Å². The van der Waals surface area contributed by atoms with E-state index in [1.165, 1.54) is 12.5 Å². The number of ether oxygens (including phenoxy) is 1. The number of carbonyl (C=O) groups is 1. The number of nitrogens with zero attached hydrogens (tertiary/aromatic N) is 1. The maximum atomic E-state index is 10.9. The number of aromatic nitrogens is 1. The van der Waals surface area contributed by atoms with Crippen LogP contribution in [0.4, 0.5) is 0 Å². The van der Waals surface area contributed by atoms with Crippen molar-refractivity contribution >= 4 is 5.97 Å². The largest absolute Gasteiger partial charge is 0.456 e. The molecule has 0 saturated carbocycles. The van der Waals surface area contributed by atoms with E-state index in [0.29, 0.717) is 0 Å². The lowest BCUT2D eigenvalue weighted by Crippen LogP contribution is -2.11. The molecule has 1 heterocycles. The van der Waals surface area contributed by atoms with Crippen LogP contribution < -0.4 is 0 Å². The molecule has 60 valence electrons. The minimum atomic E-state index is -0.523. The fourth-order valence-electron chi connectivity index (χ4n) is 0.589. The van der Waals surface area contributed by atoms with Gasteiger partial charge in [-0.05, 0) is 13.8 Å². The summed E-state index contributed by atoms with van der Waals surface area (Å²) in [5, 5.41) is 0. The maximum absolute atomic E-state index is 10.9. The van der Waals surface area contributed by atoms with Gasteiger partial charge in [-0.3, -0.25) is 0 Å². The zero-order chi connectivity index (χ0) is 8.27. The third-order valence-corrected chi connectivity index (χ3v) is 0.950. The molecule has 0 aromatic carbocycles. The monoisotopic (exact) mass is 155 g/mol. The summed E-state index contributed by atoms with van der Waals surface area (Å²) in [6.07, 6.45) is 2.59. The van der Waals surface area contributed by atoms with Crippen molar-refractivity contribution in [3.8, 4) is 0 Å². The van der Waals surface area contributed by atoms with Gasteiger partial charge in [0.2, 0.25) is 0 Å². The number of hydrogen-bond donors (Lipinski definition) is 0. The zero-order valence-electron chi connectivity index (χ0n) is 6.40. The lowest BCUT2D eigenvalue weighted by Gasteiger charge is -2.03. The first-order chi connectivity index (χ1) is 5.20. The van der Waals surface area contributed by atoms with Crippen LogP contribution in [0.1, 0.15) is 24.5 Å². The van der Waals surface area contributed by atoms with Crippen LogP contribution >= 0.6 is 0 Å². The lowest BCUT2D eigenvalue weighted by molar-refractivity contribution is 0.0332. The van der Waals surface area contributed by atoms with E-state index < -0.39 is 5.97 Å². The first-order valence-corrected chi connectivity index (χ1v) is 3.30. The average molecular weight is 155 g/mol. The van der Waals surface area contributed by atoms with Crippen molar-refractivity contribution in [1.82, 2.24) is 4.98 Å². The summed E-state index contributed by atoms with van der Waals surface area (Å²) in [5.41, 5.74) is 0. The van der Waals surface area contributed by atoms with Crippen molar-refractivity contribution in [2.24, 2.45) is 0 Å². The second kappa shape index (κ2) is 3.18. The van der Waals surface area contributed by atoms with Crippen molar-refractivity contribution < 1.29 is 13.9 Å². The molecule has 0 atom stereocenters. The smallest absolute Gasteiger partial charge is 0.394 e. The van der Waals surface area contributed by atoms with E-state index in [1.54, 1.807) is 13.8 Å². The van der Waals surface area contributed by atoms with Gasteiger partial charge in [-0.1, -0.05) is 0 Å². The Bertz CT molecular complexity index is 228. The summed E-state index contributed by atoms with van der Waals surface area (Å²) < 4.78 is 9.51. The van der Waals surface area contributed by atoms with Gasteiger partial charge in [0, 0.05) is 0 Å². The van der Waals surface area contributed by atoms with Gasteiger partial charge in [-0.25, -0.2) is 9.78 Å². The van der Waals surface area contributed by atoms with E-state index in [0.717, 1.165) is 0 Å². The predicted molar refractivity (Wildman–Crippen MR) is 37.1 cm³/mol. The first-order valence-electron chi connectivity index (χ1n) is 3.30. The fraction of sp³-hybridized carbons (Fsp3) is 0.429. The second-order valence-electron chi connectivity index (χ2n) is 2.29. The minimum Gasteiger partial charge on any atom is -0.456 e. The standard InChI is InChI=1S/C7H9NO3/c1-5(2)11-7(9)6-8-3-4-10-6/h3-5H,1-2H3. The zero-order valence-corrected chi connectivity index (χ0v) is 6.40. The molecular weight excluding hydrogens is 146 g/mol. The molecule has 4 nitrogen and oxygen atoms in total. The van der Waals surface area contributed by atoms with Crippen LogP contribution in [0.15, 0.2) is 16.9 Å². The number of rotatable bonds is 2. The van der Waals surface area contributed by atoms with Crippen LogP contribution in [0, 0.1) is 0 Å². The Morgan fingerprint density at radius 2 is 2.45 bits per heavy atom. The van der Waals surface area contributed by atoms with Crippen LogP contribution in [0.25, 0.3) is 0 Å². The molecule has 0 fully saturated rings. The van der Waals surface area contributed by atoms with E-state index >= 15 is 0 Å². The van der Waals surface area contributed by atoms with Gasteiger partial charge in [0.15, 0.2) is 0 Å². The Balaban J connectivity index is 2.57. The molecule has 0 spiro atoms. The van der Waals surface area contributed by atoms with Gasteiger partial charge in [-0.2, -0.15) is 0 Å². The quantitative estimate of drug-likeness (QED) is 0.603. The highest BCUT2D eigenvalue weighted by Crippen LogP contribution is 1.99. The number of carbonyl (C=O) groups excluding carboxylic acids is 1. The summed E-state index contributed by atoms with van der Waals surface area (Å²) in [5.74, 6) is -0.524. The Labute approximate surface area is 64.2 Å². The van der Waals surface area contributed by atoms with Gasteiger partial charge in [0.05, 0.1) is 12.3 Å². The molecule has 1 aromatic heterocycles. The molecule has 1 aromatic rings. The molecule has 0 saturated heterocycles. The fourth-order valence-corrected chi connectivity index (χ4v) is 0.589. The van der Waals surface area contributed by atoms with E-state index in [4.69, 9.17) is 9.15 Å². The molecule has 0 N–H and O–H groups in total. The average Bonchev–Trinajstić information content (AvgIpc) is 2.35. The van der Waals surface area contributed by atoms with Gasteiger partial charge >= 0.3 is 11.9 Å². The number of oxazole rings is 1. The van der Waals surface area contributed by atoms with Crippen LogP contribution in [-0.4, -0.2) is 17.1 Å². The molecular formula is C7H9NO3. The van der Waals surface area contributed by atoms with Crippen LogP contribution in [0.3, 0.4) is 0 Å². The Hall–Kier alpha value is -1.32. The van der Waals surface area contributed by atoms with Gasteiger partial charge in [0.1, 0.15) is 6.26 Å². The van der Waals surface area contributed by atoms with E-state index in [-0.39, 0.29) is 12.0 Å². The summed E-state index contributed by atoms with van der Waals surface area (Å²) >= 11 is 0. The van der Waals surface area contributed by atoms with E-state index in [2.05, 4.69) is 4.98 Å². The second-order valence-corrected chi connectivity index (χ2v) is 2.29. The first kappa shape index (κ1) is 7.78. The molecule has 0 amide bonds. The van der Waals surface area contributed by atoms with Crippen LogP contribution in [-0.2, 0) is 4.74 Å². The normalized spacial score (nSPS) is 10.1. The Kier molecular flexibility index (Phi) is 2.25. The summed E-state index contributed by atoms with van der Waals surface area (Å²) in [6, 6.07) is 0. The summed E-state index contributed by atoms with van der Waals surface area (Å²) in [7, 11) is 0. The highest BCUT2D eigenvalue weighted by atomic mass is 16.6. The SMILES string of the molecule is CC(C)OC(=O)c1ncco1. The third kappa shape index (κ3) is 2.07. The highest BCUT2D eigenvalue weighted by molar-refractivity contribution is 5.84. The van der Waals surface area contributed by atoms with Crippen molar-refractivity contribution in [2.75, 3.05) is 0 Å². The van der Waals surface area contributed by atoms with Crippen molar-refractivity contribution in [3.05, 3.63) is 18.4 Å². The van der Waals surface area contributed by atoms with Gasteiger partial charge in [0.25, 0.3) is 0 Å². The molecule has 11 heavy (non-hydrogen) atoms. The molecule has 0 unspecified atom stereocenters. The molecule has 4 heteroatoms. The molecule has 0 aliphatic heterocycles. The summed E-state index contributed by atoms with van der Waals surface area (Å²) in [4.78, 5) is 14.6. The van der Waals surface area contributed by atoms with Crippen molar-refractivity contribution in [3.63, 3.8) is 0 Å².